The number of imidazole rings is 1. The Morgan fingerprint density at radius 2 is 1.96 bits per heavy atom. The number of carbonyl (C=O) groups excluding carboxylic acids is 1. The standard InChI is InChI=1S/C18H18N4OS/c23-18(15-4-2-1-3-5-15)22-9-6-14(12-22)13-24-17-16-19-7-10-21(16)11-8-20-17/h1-5,7-8,10-11,14H,6,9,12-13H2. The molecular weight excluding hydrogens is 320 g/mol. The van der Waals surface area contributed by atoms with Gasteiger partial charge in [-0.3, -0.25) is 4.79 Å². The number of thioether (sulfide) groups is 1. The van der Waals surface area contributed by atoms with Crippen molar-refractivity contribution in [1.29, 1.82) is 0 Å². The average Bonchev–Trinajstić information content (AvgIpc) is 3.29. The van der Waals surface area contributed by atoms with Gasteiger partial charge in [0.15, 0.2) is 5.65 Å². The summed E-state index contributed by atoms with van der Waals surface area (Å²) in [6, 6.07) is 9.52. The summed E-state index contributed by atoms with van der Waals surface area (Å²) >= 11 is 1.73. The van der Waals surface area contributed by atoms with Gasteiger partial charge in [-0.05, 0) is 24.5 Å². The number of likely N-dealkylation sites (tertiary alicyclic amines) is 1. The lowest BCUT2D eigenvalue weighted by Crippen LogP contribution is -2.28. The summed E-state index contributed by atoms with van der Waals surface area (Å²) in [6.07, 6.45) is 8.47. The summed E-state index contributed by atoms with van der Waals surface area (Å²) in [7, 11) is 0. The highest BCUT2D eigenvalue weighted by atomic mass is 32.2. The van der Waals surface area contributed by atoms with Gasteiger partial charge in [0.05, 0.1) is 0 Å². The Hall–Kier alpha value is -2.34. The highest BCUT2D eigenvalue weighted by Crippen LogP contribution is 2.27. The van der Waals surface area contributed by atoms with E-state index in [9.17, 15) is 4.79 Å². The molecule has 3 heterocycles. The fourth-order valence-electron chi connectivity index (χ4n) is 3.04. The van der Waals surface area contributed by atoms with E-state index in [0.29, 0.717) is 5.92 Å². The molecule has 1 aliphatic rings. The van der Waals surface area contributed by atoms with E-state index in [1.807, 2.05) is 52.0 Å². The second-order valence-corrected chi connectivity index (χ2v) is 6.98. The molecule has 4 rings (SSSR count). The molecule has 3 aromatic rings. The first-order chi connectivity index (χ1) is 11.8. The third kappa shape index (κ3) is 3.01. The molecule has 1 fully saturated rings. The van der Waals surface area contributed by atoms with E-state index in [1.54, 1.807) is 24.2 Å². The van der Waals surface area contributed by atoms with Crippen LogP contribution in [0.5, 0.6) is 0 Å². The van der Waals surface area contributed by atoms with E-state index in [2.05, 4.69) is 9.97 Å². The van der Waals surface area contributed by atoms with Crippen LogP contribution in [-0.2, 0) is 0 Å². The molecule has 1 saturated heterocycles. The summed E-state index contributed by atoms with van der Waals surface area (Å²) in [5.74, 6) is 1.59. The van der Waals surface area contributed by atoms with Crippen molar-refractivity contribution in [1.82, 2.24) is 19.3 Å². The van der Waals surface area contributed by atoms with Gasteiger partial charge in [-0.25, -0.2) is 9.97 Å². The molecule has 2 aromatic heterocycles. The zero-order chi connectivity index (χ0) is 16.4. The number of fused-ring (bicyclic) bond motifs is 1. The van der Waals surface area contributed by atoms with Crippen LogP contribution >= 0.6 is 11.8 Å². The van der Waals surface area contributed by atoms with Crippen molar-refractivity contribution < 1.29 is 4.79 Å². The number of aromatic nitrogens is 3. The minimum absolute atomic E-state index is 0.136. The highest BCUT2D eigenvalue weighted by Gasteiger charge is 2.27. The molecule has 1 amide bonds. The molecular formula is C18H18N4OS. The van der Waals surface area contributed by atoms with Gasteiger partial charge in [0.2, 0.25) is 0 Å². The Kier molecular flexibility index (Phi) is 4.21. The first kappa shape index (κ1) is 15.2. The molecule has 0 spiro atoms. The van der Waals surface area contributed by atoms with Crippen LogP contribution < -0.4 is 0 Å². The molecule has 122 valence electrons. The average molecular weight is 338 g/mol. The lowest BCUT2D eigenvalue weighted by Gasteiger charge is -2.16. The number of rotatable bonds is 4. The molecule has 1 unspecified atom stereocenters. The maximum atomic E-state index is 12.5. The summed E-state index contributed by atoms with van der Waals surface area (Å²) in [5, 5.41) is 0.954. The van der Waals surface area contributed by atoms with Crippen molar-refractivity contribution >= 4 is 23.3 Å². The first-order valence-corrected chi connectivity index (χ1v) is 9.04. The highest BCUT2D eigenvalue weighted by molar-refractivity contribution is 7.99. The lowest BCUT2D eigenvalue weighted by atomic mass is 10.1. The zero-order valence-electron chi connectivity index (χ0n) is 13.2. The summed E-state index contributed by atoms with van der Waals surface area (Å²) in [5.41, 5.74) is 1.67. The van der Waals surface area contributed by atoms with E-state index in [1.165, 1.54) is 0 Å². The maximum absolute atomic E-state index is 12.5. The van der Waals surface area contributed by atoms with Crippen LogP contribution in [0.25, 0.3) is 5.65 Å². The van der Waals surface area contributed by atoms with Gasteiger partial charge in [-0.15, -0.1) is 11.8 Å². The van der Waals surface area contributed by atoms with Crippen molar-refractivity contribution in [3.63, 3.8) is 0 Å². The Bertz CT molecular complexity index is 848. The second-order valence-electron chi connectivity index (χ2n) is 5.97. The molecule has 24 heavy (non-hydrogen) atoms. The fourth-order valence-corrected chi connectivity index (χ4v) is 4.13. The number of nitrogens with zero attached hydrogens (tertiary/aromatic N) is 4. The number of amides is 1. The lowest BCUT2D eigenvalue weighted by molar-refractivity contribution is 0.0788. The van der Waals surface area contributed by atoms with Crippen LogP contribution in [0.3, 0.4) is 0 Å². The van der Waals surface area contributed by atoms with Gasteiger partial charge >= 0.3 is 0 Å². The van der Waals surface area contributed by atoms with E-state index in [4.69, 9.17) is 0 Å². The molecule has 1 atom stereocenters. The van der Waals surface area contributed by atoms with Crippen LogP contribution in [0.4, 0.5) is 0 Å². The Balaban J connectivity index is 1.37. The smallest absolute Gasteiger partial charge is 0.253 e. The van der Waals surface area contributed by atoms with Gasteiger partial charge in [0, 0.05) is 49.2 Å². The van der Waals surface area contributed by atoms with Gasteiger partial charge in [-0.2, -0.15) is 0 Å². The van der Waals surface area contributed by atoms with Crippen LogP contribution in [0, 0.1) is 5.92 Å². The second kappa shape index (κ2) is 6.65. The normalized spacial score (nSPS) is 17.5. The molecule has 6 heteroatoms. The third-order valence-corrected chi connectivity index (χ3v) is 5.53. The van der Waals surface area contributed by atoms with Crippen molar-refractivity contribution in [2.24, 2.45) is 5.92 Å². The van der Waals surface area contributed by atoms with Gasteiger partial charge in [0.1, 0.15) is 5.03 Å². The number of carbonyl (C=O) groups is 1. The number of hydrogen-bond donors (Lipinski definition) is 0. The van der Waals surface area contributed by atoms with Crippen LogP contribution in [0.1, 0.15) is 16.8 Å². The summed E-state index contributed by atoms with van der Waals surface area (Å²) < 4.78 is 1.98. The monoisotopic (exact) mass is 338 g/mol. The molecule has 1 aromatic carbocycles. The molecule has 0 bridgehead atoms. The van der Waals surface area contributed by atoms with Crippen molar-refractivity contribution in [2.75, 3.05) is 18.8 Å². The molecule has 1 aliphatic heterocycles. The Morgan fingerprint density at radius 3 is 2.79 bits per heavy atom. The quantitative estimate of drug-likeness (QED) is 0.686. The third-order valence-electron chi connectivity index (χ3n) is 4.33. The van der Waals surface area contributed by atoms with E-state index in [0.717, 1.165) is 41.5 Å². The predicted molar refractivity (Wildman–Crippen MR) is 94.2 cm³/mol. The molecule has 0 radical (unpaired) electrons. The maximum Gasteiger partial charge on any atom is 0.253 e. The van der Waals surface area contributed by atoms with Gasteiger partial charge in [0.25, 0.3) is 5.91 Å². The minimum Gasteiger partial charge on any atom is -0.338 e. The largest absolute Gasteiger partial charge is 0.338 e. The minimum atomic E-state index is 0.136. The van der Waals surface area contributed by atoms with E-state index in [-0.39, 0.29) is 5.91 Å². The number of hydrogen-bond acceptors (Lipinski definition) is 4. The van der Waals surface area contributed by atoms with Crippen molar-refractivity contribution in [3.05, 3.63) is 60.7 Å². The van der Waals surface area contributed by atoms with Crippen molar-refractivity contribution in [2.45, 2.75) is 11.4 Å². The topological polar surface area (TPSA) is 50.5 Å². The zero-order valence-corrected chi connectivity index (χ0v) is 14.0. The summed E-state index contributed by atoms with van der Waals surface area (Å²) in [4.78, 5) is 23.3. The fraction of sp³-hybridized carbons (Fsp3) is 0.278. The Morgan fingerprint density at radius 1 is 1.17 bits per heavy atom. The van der Waals surface area contributed by atoms with Gasteiger partial charge < -0.3 is 9.30 Å². The Labute approximate surface area is 144 Å². The number of benzene rings is 1. The van der Waals surface area contributed by atoms with Crippen LogP contribution in [-0.4, -0.2) is 44.0 Å². The van der Waals surface area contributed by atoms with Crippen LogP contribution in [0.2, 0.25) is 0 Å². The SMILES string of the molecule is O=C(c1ccccc1)N1CCC(CSc2nccn3ccnc23)C1. The van der Waals surface area contributed by atoms with Gasteiger partial charge in [-0.1, -0.05) is 18.2 Å². The first-order valence-electron chi connectivity index (χ1n) is 8.06. The van der Waals surface area contributed by atoms with E-state index < -0.39 is 0 Å². The van der Waals surface area contributed by atoms with Crippen molar-refractivity contribution in [3.8, 4) is 0 Å². The predicted octanol–water partition coefficient (Wildman–Crippen LogP) is 2.98. The molecule has 5 nitrogen and oxygen atoms in total. The van der Waals surface area contributed by atoms with Crippen LogP contribution in [0.15, 0.2) is 60.1 Å². The summed E-state index contributed by atoms with van der Waals surface area (Å²) in [6.45, 7) is 1.65. The molecule has 0 saturated carbocycles. The molecule has 0 N–H and O–H groups in total. The molecule has 0 aliphatic carbocycles. The van der Waals surface area contributed by atoms with E-state index >= 15 is 0 Å².